The van der Waals surface area contributed by atoms with Crippen LogP contribution >= 0.6 is 0 Å². The minimum atomic E-state index is 0.390. The Labute approximate surface area is 87.7 Å². The molecular formula is C14H20. The molecule has 0 nitrogen and oxygen atoms in total. The summed E-state index contributed by atoms with van der Waals surface area (Å²) in [6, 6.07) is 8.62. The Balaban J connectivity index is 2.57. The number of hydrogen-bond acceptors (Lipinski definition) is 0. The first-order valence-electron chi connectivity index (χ1n) is 5.21. The standard InChI is InChI=1S/C14H20/c1-12-7-9-13(10-8-12)6-5-11-14(2,3)4/h5-10H,11H2,1-4H3/b6-5+. The molecule has 0 saturated carbocycles. The molecule has 0 aliphatic heterocycles. The molecule has 0 unspecified atom stereocenters. The van der Waals surface area contributed by atoms with Crippen LogP contribution in [0.3, 0.4) is 0 Å². The van der Waals surface area contributed by atoms with Gasteiger partial charge in [0.2, 0.25) is 0 Å². The molecular weight excluding hydrogens is 168 g/mol. The first kappa shape index (κ1) is 11.0. The molecule has 1 rings (SSSR count). The molecule has 1 aromatic rings. The zero-order valence-electron chi connectivity index (χ0n) is 9.67. The average molecular weight is 188 g/mol. The zero-order chi connectivity index (χ0) is 10.6. The van der Waals surface area contributed by atoms with E-state index in [1.54, 1.807) is 0 Å². The number of benzene rings is 1. The number of rotatable bonds is 2. The van der Waals surface area contributed by atoms with Crippen molar-refractivity contribution in [2.75, 3.05) is 0 Å². The Morgan fingerprint density at radius 3 is 2.14 bits per heavy atom. The lowest BCUT2D eigenvalue weighted by atomic mass is 9.92. The van der Waals surface area contributed by atoms with Gasteiger partial charge in [0, 0.05) is 0 Å². The molecule has 0 radical (unpaired) electrons. The maximum absolute atomic E-state index is 2.26. The van der Waals surface area contributed by atoms with E-state index in [1.165, 1.54) is 11.1 Å². The fourth-order valence-corrected chi connectivity index (χ4v) is 1.23. The second-order valence-electron chi connectivity index (χ2n) is 5.08. The third-order valence-electron chi connectivity index (χ3n) is 2.12. The summed E-state index contributed by atoms with van der Waals surface area (Å²) in [6.07, 6.45) is 5.58. The first-order valence-corrected chi connectivity index (χ1v) is 5.21. The third-order valence-corrected chi connectivity index (χ3v) is 2.12. The van der Waals surface area contributed by atoms with Crippen LogP contribution in [0.5, 0.6) is 0 Å². The van der Waals surface area contributed by atoms with Crippen molar-refractivity contribution in [1.29, 1.82) is 0 Å². The van der Waals surface area contributed by atoms with E-state index in [1.807, 2.05) is 0 Å². The van der Waals surface area contributed by atoms with Crippen LogP contribution in [0.2, 0.25) is 0 Å². The maximum Gasteiger partial charge on any atom is -0.0260 e. The summed E-state index contributed by atoms with van der Waals surface area (Å²) in [6.45, 7) is 8.88. The lowest BCUT2D eigenvalue weighted by Gasteiger charge is -2.14. The Hall–Kier alpha value is -1.04. The van der Waals surface area contributed by atoms with Gasteiger partial charge in [-0.2, -0.15) is 0 Å². The Bertz CT molecular complexity index is 296. The van der Waals surface area contributed by atoms with Gasteiger partial charge in [-0.05, 0) is 24.3 Å². The van der Waals surface area contributed by atoms with Crippen LogP contribution in [0, 0.1) is 12.3 Å². The molecule has 1 aromatic carbocycles. The summed E-state index contributed by atoms with van der Waals surface area (Å²) < 4.78 is 0. The Morgan fingerprint density at radius 1 is 1.07 bits per heavy atom. The fourth-order valence-electron chi connectivity index (χ4n) is 1.23. The predicted octanol–water partition coefficient (Wildman–Crippen LogP) is 4.44. The molecule has 0 atom stereocenters. The molecule has 14 heavy (non-hydrogen) atoms. The molecule has 0 saturated heterocycles. The fraction of sp³-hybridized carbons (Fsp3) is 0.429. The van der Waals surface area contributed by atoms with Crippen LogP contribution in [0.4, 0.5) is 0 Å². The third kappa shape index (κ3) is 4.27. The van der Waals surface area contributed by atoms with Gasteiger partial charge in [0.1, 0.15) is 0 Å². The second-order valence-corrected chi connectivity index (χ2v) is 5.08. The molecule has 0 heterocycles. The normalized spacial score (nSPS) is 12.3. The number of hydrogen-bond donors (Lipinski definition) is 0. The molecule has 0 aliphatic carbocycles. The summed E-state index contributed by atoms with van der Waals surface area (Å²) in [5.74, 6) is 0. The number of allylic oxidation sites excluding steroid dienone is 1. The Kier molecular flexibility index (Phi) is 3.51. The highest BCUT2D eigenvalue weighted by Gasteiger charge is 2.05. The van der Waals surface area contributed by atoms with Crippen LogP contribution < -0.4 is 0 Å². The van der Waals surface area contributed by atoms with Crippen LogP contribution in [-0.4, -0.2) is 0 Å². The van der Waals surface area contributed by atoms with Crippen molar-refractivity contribution in [2.24, 2.45) is 5.41 Å². The largest absolute Gasteiger partial charge is 0.0834 e. The molecule has 0 spiro atoms. The van der Waals surface area contributed by atoms with E-state index < -0.39 is 0 Å². The van der Waals surface area contributed by atoms with Crippen LogP contribution in [-0.2, 0) is 0 Å². The van der Waals surface area contributed by atoms with E-state index in [2.05, 4.69) is 64.1 Å². The summed E-state index contributed by atoms with van der Waals surface area (Å²) >= 11 is 0. The minimum absolute atomic E-state index is 0.390. The van der Waals surface area contributed by atoms with Gasteiger partial charge in [-0.3, -0.25) is 0 Å². The first-order chi connectivity index (χ1) is 6.47. The van der Waals surface area contributed by atoms with Crippen molar-refractivity contribution in [3.8, 4) is 0 Å². The van der Waals surface area contributed by atoms with Gasteiger partial charge in [-0.15, -0.1) is 0 Å². The van der Waals surface area contributed by atoms with Crippen LogP contribution in [0.1, 0.15) is 38.3 Å². The van der Waals surface area contributed by atoms with Gasteiger partial charge in [-0.1, -0.05) is 62.8 Å². The number of aryl methyl sites for hydroxylation is 1. The van der Waals surface area contributed by atoms with Gasteiger partial charge in [0.25, 0.3) is 0 Å². The van der Waals surface area contributed by atoms with E-state index in [-0.39, 0.29) is 0 Å². The van der Waals surface area contributed by atoms with Crippen molar-refractivity contribution in [2.45, 2.75) is 34.1 Å². The van der Waals surface area contributed by atoms with Crippen molar-refractivity contribution in [1.82, 2.24) is 0 Å². The van der Waals surface area contributed by atoms with Crippen molar-refractivity contribution >= 4 is 6.08 Å². The summed E-state index contributed by atoms with van der Waals surface area (Å²) in [5.41, 5.74) is 3.00. The lowest BCUT2D eigenvalue weighted by Crippen LogP contribution is -2.01. The molecule has 0 N–H and O–H groups in total. The monoisotopic (exact) mass is 188 g/mol. The van der Waals surface area contributed by atoms with E-state index >= 15 is 0 Å². The summed E-state index contributed by atoms with van der Waals surface area (Å²) in [7, 11) is 0. The molecule has 0 bridgehead atoms. The van der Waals surface area contributed by atoms with E-state index in [4.69, 9.17) is 0 Å². The van der Waals surface area contributed by atoms with Crippen molar-refractivity contribution in [3.63, 3.8) is 0 Å². The molecule has 0 aliphatic rings. The quantitative estimate of drug-likeness (QED) is 0.643. The average Bonchev–Trinajstić information content (AvgIpc) is 2.06. The molecule has 0 heteroatoms. The van der Waals surface area contributed by atoms with E-state index in [9.17, 15) is 0 Å². The van der Waals surface area contributed by atoms with Gasteiger partial charge < -0.3 is 0 Å². The van der Waals surface area contributed by atoms with Gasteiger partial charge >= 0.3 is 0 Å². The van der Waals surface area contributed by atoms with E-state index in [0.29, 0.717) is 5.41 Å². The predicted molar refractivity (Wildman–Crippen MR) is 64.3 cm³/mol. The second kappa shape index (κ2) is 4.45. The van der Waals surface area contributed by atoms with Gasteiger partial charge in [-0.25, -0.2) is 0 Å². The van der Waals surface area contributed by atoms with Gasteiger partial charge in [0.05, 0.1) is 0 Å². The molecule has 0 aromatic heterocycles. The van der Waals surface area contributed by atoms with E-state index in [0.717, 1.165) is 6.42 Å². The molecule has 0 fully saturated rings. The van der Waals surface area contributed by atoms with Crippen molar-refractivity contribution < 1.29 is 0 Å². The highest BCUT2D eigenvalue weighted by atomic mass is 14.1. The molecule has 76 valence electrons. The van der Waals surface area contributed by atoms with Gasteiger partial charge in [0.15, 0.2) is 0 Å². The maximum atomic E-state index is 2.26. The highest BCUT2D eigenvalue weighted by molar-refractivity contribution is 5.49. The highest BCUT2D eigenvalue weighted by Crippen LogP contribution is 2.19. The summed E-state index contributed by atoms with van der Waals surface area (Å²) in [4.78, 5) is 0. The SMILES string of the molecule is Cc1ccc(/C=C/CC(C)(C)C)cc1. The summed E-state index contributed by atoms with van der Waals surface area (Å²) in [5, 5.41) is 0. The zero-order valence-corrected chi connectivity index (χ0v) is 9.67. The van der Waals surface area contributed by atoms with Crippen molar-refractivity contribution in [3.05, 3.63) is 41.5 Å². The topological polar surface area (TPSA) is 0 Å². The lowest BCUT2D eigenvalue weighted by molar-refractivity contribution is 0.421. The van der Waals surface area contributed by atoms with Crippen LogP contribution in [0.25, 0.3) is 6.08 Å². The minimum Gasteiger partial charge on any atom is -0.0834 e. The van der Waals surface area contributed by atoms with Crippen LogP contribution in [0.15, 0.2) is 30.3 Å². The Morgan fingerprint density at radius 2 is 1.64 bits per heavy atom. The smallest absolute Gasteiger partial charge is 0.0260 e. The molecule has 0 amide bonds.